The highest BCUT2D eigenvalue weighted by molar-refractivity contribution is 14.1. The van der Waals surface area contributed by atoms with Gasteiger partial charge in [-0.25, -0.2) is 4.79 Å². The van der Waals surface area contributed by atoms with Gasteiger partial charge in [-0.1, -0.05) is 48.5 Å². The molecule has 1 saturated heterocycles. The molecule has 2 aromatic rings. The zero-order valence-electron chi connectivity index (χ0n) is 13.7. The largest absolute Gasteiger partial charge is 0.459 e. The lowest BCUT2D eigenvalue weighted by Gasteiger charge is -2.23. The first-order valence-corrected chi connectivity index (χ1v) is 9.28. The van der Waals surface area contributed by atoms with Crippen molar-refractivity contribution in [1.82, 2.24) is 0 Å². The number of ether oxygens (including phenoxy) is 3. The summed E-state index contributed by atoms with van der Waals surface area (Å²) in [5, 5.41) is 0. The Kier molecular flexibility index (Phi) is 6.20. The molecule has 1 aliphatic rings. The standard InChI is InChI=1S/C19H17F2IO4/c20-19(21)16(24-11-13-7-3-1-4-8-13)15(26-18(19)22)12-25-17(23)14-9-5-2-6-10-14/h1-10,15-16,18H,11-12H2/t15-,16-,18?/m1/s1. The Balaban J connectivity index is 1.63. The van der Waals surface area contributed by atoms with Gasteiger partial charge >= 0.3 is 11.9 Å². The Morgan fingerprint density at radius 1 is 1.08 bits per heavy atom. The minimum absolute atomic E-state index is 0.0248. The van der Waals surface area contributed by atoms with Crippen LogP contribution in [0.3, 0.4) is 0 Å². The number of carbonyl (C=O) groups excluding carboxylic acids is 1. The molecule has 0 amide bonds. The second kappa shape index (κ2) is 8.41. The van der Waals surface area contributed by atoms with Crippen molar-refractivity contribution in [3.8, 4) is 0 Å². The molecule has 3 atom stereocenters. The molecular formula is C19H17F2IO4. The van der Waals surface area contributed by atoms with Crippen LogP contribution in [0.1, 0.15) is 15.9 Å². The fourth-order valence-electron chi connectivity index (χ4n) is 2.61. The van der Waals surface area contributed by atoms with Crippen LogP contribution < -0.4 is 0 Å². The predicted octanol–water partition coefficient (Wildman–Crippen LogP) is 4.22. The molecule has 1 heterocycles. The van der Waals surface area contributed by atoms with Crippen LogP contribution >= 0.6 is 22.6 Å². The second-order valence-corrected chi connectivity index (χ2v) is 6.98. The Labute approximate surface area is 163 Å². The zero-order valence-corrected chi connectivity index (χ0v) is 15.8. The van der Waals surface area contributed by atoms with Crippen LogP contribution in [0.15, 0.2) is 60.7 Å². The summed E-state index contributed by atoms with van der Waals surface area (Å²) in [6.45, 7) is -0.279. The smallest absolute Gasteiger partial charge is 0.338 e. The number of benzene rings is 2. The van der Waals surface area contributed by atoms with Gasteiger partial charge in [-0.2, -0.15) is 8.78 Å². The molecule has 0 spiro atoms. The number of alkyl halides is 3. The SMILES string of the molecule is O=C(OC[C@H]1OC(I)C(F)(F)[C@@H]1OCc1ccccc1)c1ccccc1. The van der Waals surface area contributed by atoms with Crippen LogP contribution in [-0.2, 0) is 20.8 Å². The van der Waals surface area contributed by atoms with Crippen molar-refractivity contribution >= 4 is 28.6 Å². The molecule has 0 aromatic heterocycles. The van der Waals surface area contributed by atoms with E-state index in [0.717, 1.165) is 5.56 Å². The van der Waals surface area contributed by atoms with Gasteiger partial charge in [0, 0.05) is 0 Å². The molecule has 1 unspecified atom stereocenters. The van der Waals surface area contributed by atoms with Gasteiger partial charge in [0.1, 0.15) is 12.7 Å². The molecule has 1 fully saturated rings. The van der Waals surface area contributed by atoms with E-state index in [1.807, 2.05) is 18.2 Å². The molecule has 3 rings (SSSR count). The van der Waals surface area contributed by atoms with Crippen LogP contribution in [0, 0.1) is 0 Å². The third kappa shape index (κ3) is 4.39. The first-order chi connectivity index (χ1) is 12.5. The van der Waals surface area contributed by atoms with E-state index in [2.05, 4.69) is 0 Å². The third-order valence-electron chi connectivity index (χ3n) is 3.97. The van der Waals surface area contributed by atoms with Crippen molar-refractivity contribution in [3.63, 3.8) is 0 Å². The summed E-state index contributed by atoms with van der Waals surface area (Å²) in [4.78, 5) is 12.0. The number of hydrogen-bond acceptors (Lipinski definition) is 4. The monoisotopic (exact) mass is 474 g/mol. The topological polar surface area (TPSA) is 44.8 Å². The maximum atomic E-state index is 14.4. The second-order valence-electron chi connectivity index (χ2n) is 5.85. The molecule has 7 heteroatoms. The first kappa shape index (κ1) is 19.2. The first-order valence-electron chi connectivity index (χ1n) is 8.03. The average molecular weight is 474 g/mol. The van der Waals surface area contributed by atoms with Gasteiger partial charge in [0.15, 0.2) is 10.2 Å². The van der Waals surface area contributed by atoms with Gasteiger partial charge in [0.05, 0.1) is 12.2 Å². The molecule has 1 aliphatic heterocycles. The molecular weight excluding hydrogens is 457 g/mol. The molecule has 138 valence electrons. The van der Waals surface area contributed by atoms with Crippen molar-refractivity contribution < 1.29 is 27.8 Å². The van der Waals surface area contributed by atoms with E-state index in [4.69, 9.17) is 14.2 Å². The lowest BCUT2D eigenvalue weighted by Crippen LogP contribution is -2.41. The van der Waals surface area contributed by atoms with Crippen molar-refractivity contribution in [1.29, 1.82) is 0 Å². The number of esters is 1. The van der Waals surface area contributed by atoms with Crippen molar-refractivity contribution in [2.75, 3.05) is 6.61 Å². The highest BCUT2D eigenvalue weighted by Gasteiger charge is 2.59. The molecule has 26 heavy (non-hydrogen) atoms. The Bertz CT molecular complexity index is 727. The molecule has 0 bridgehead atoms. The maximum absolute atomic E-state index is 14.4. The summed E-state index contributed by atoms with van der Waals surface area (Å²) in [6.07, 6.45) is -2.53. The van der Waals surface area contributed by atoms with Crippen LogP contribution in [-0.4, -0.2) is 34.8 Å². The quantitative estimate of drug-likeness (QED) is 0.358. The van der Waals surface area contributed by atoms with Crippen LogP contribution in [0.25, 0.3) is 0 Å². The van der Waals surface area contributed by atoms with Gasteiger partial charge in [0.2, 0.25) is 0 Å². The predicted molar refractivity (Wildman–Crippen MR) is 99.4 cm³/mol. The summed E-state index contributed by atoms with van der Waals surface area (Å²) < 4.78 is 43.4. The van der Waals surface area contributed by atoms with E-state index in [9.17, 15) is 13.6 Å². The average Bonchev–Trinajstić information content (AvgIpc) is 2.88. The molecule has 4 nitrogen and oxygen atoms in total. The minimum atomic E-state index is -3.18. The van der Waals surface area contributed by atoms with Crippen molar-refractivity contribution in [2.24, 2.45) is 0 Å². The summed E-state index contributed by atoms with van der Waals surface area (Å²) in [6, 6.07) is 17.4. The van der Waals surface area contributed by atoms with Crippen molar-refractivity contribution in [2.45, 2.75) is 28.8 Å². The number of hydrogen-bond donors (Lipinski definition) is 0. The van der Waals surface area contributed by atoms with E-state index >= 15 is 0 Å². The van der Waals surface area contributed by atoms with E-state index in [1.54, 1.807) is 42.5 Å². The fraction of sp³-hybridized carbons (Fsp3) is 0.316. The normalized spacial score (nSPS) is 24.3. The van der Waals surface area contributed by atoms with E-state index in [0.29, 0.717) is 5.56 Å². The molecule has 0 N–H and O–H groups in total. The Morgan fingerprint density at radius 3 is 2.35 bits per heavy atom. The molecule has 2 aromatic carbocycles. The van der Waals surface area contributed by atoms with E-state index in [1.165, 1.54) is 22.6 Å². The Hall–Kier alpha value is -1.58. The fourth-order valence-corrected chi connectivity index (χ4v) is 3.34. The van der Waals surface area contributed by atoms with Gasteiger partial charge in [-0.3, -0.25) is 0 Å². The summed E-state index contributed by atoms with van der Waals surface area (Å²) in [5.74, 6) is -3.77. The maximum Gasteiger partial charge on any atom is 0.338 e. The third-order valence-corrected chi connectivity index (χ3v) is 5.10. The zero-order chi connectivity index (χ0) is 18.6. The number of carbonyl (C=O) groups is 1. The van der Waals surface area contributed by atoms with Gasteiger partial charge in [0.25, 0.3) is 0 Å². The van der Waals surface area contributed by atoms with Crippen LogP contribution in [0.5, 0.6) is 0 Å². The molecule has 0 aliphatic carbocycles. The van der Waals surface area contributed by atoms with Gasteiger partial charge in [-0.15, -0.1) is 0 Å². The van der Waals surface area contributed by atoms with E-state index < -0.39 is 28.2 Å². The molecule has 0 radical (unpaired) electrons. The molecule has 0 saturated carbocycles. The lowest BCUT2D eigenvalue weighted by molar-refractivity contribution is -0.126. The van der Waals surface area contributed by atoms with Crippen LogP contribution in [0.2, 0.25) is 0 Å². The van der Waals surface area contributed by atoms with Gasteiger partial charge < -0.3 is 14.2 Å². The number of halogens is 3. The minimum Gasteiger partial charge on any atom is -0.459 e. The van der Waals surface area contributed by atoms with Crippen molar-refractivity contribution in [3.05, 3.63) is 71.8 Å². The van der Waals surface area contributed by atoms with Crippen LogP contribution in [0.4, 0.5) is 8.78 Å². The summed E-state index contributed by atoms with van der Waals surface area (Å²) in [7, 11) is 0. The highest BCUT2D eigenvalue weighted by Crippen LogP contribution is 2.41. The summed E-state index contributed by atoms with van der Waals surface area (Å²) in [5.41, 5.74) is 1.13. The summed E-state index contributed by atoms with van der Waals surface area (Å²) >= 11 is 1.54. The number of rotatable bonds is 6. The van der Waals surface area contributed by atoms with E-state index in [-0.39, 0.29) is 13.2 Å². The Morgan fingerprint density at radius 2 is 1.69 bits per heavy atom. The highest BCUT2D eigenvalue weighted by atomic mass is 127. The van der Waals surface area contributed by atoms with Gasteiger partial charge in [-0.05, 0) is 40.3 Å². The lowest BCUT2D eigenvalue weighted by atomic mass is 10.1.